The Balaban J connectivity index is 1.39. The summed E-state index contributed by atoms with van der Waals surface area (Å²) in [5, 5.41) is 0.756. The van der Waals surface area contributed by atoms with Gasteiger partial charge in [0.15, 0.2) is 17.6 Å². The van der Waals surface area contributed by atoms with Gasteiger partial charge in [0.2, 0.25) is 6.79 Å². The highest BCUT2D eigenvalue weighted by Gasteiger charge is 2.30. The van der Waals surface area contributed by atoms with E-state index in [0.29, 0.717) is 5.56 Å². The van der Waals surface area contributed by atoms with Crippen LogP contribution in [0.2, 0.25) is 0 Å². The van der Waals surface area contributed by atoms with Crippen LogP contribution in [0.15, 0.2) is 42.5 Å². The normalized spacial score (nSPS) is 18.4. The zero-order valence-corrected chi connectivity index (χ0v) is 20.3. The van der Waals surface area contributed by atoms with Crippen LogP contribution in [0.4, 0.5) is 0 Å². The molecule has 0 saturated carbocycles. The number of fused-ring (bicyclic) bond motifs is 3. The first-order chi connectivity index (χ1) is 17.6. The molecule has 1 atom stereocenters. The van der Waals surface area contributed by atoms with E-state index in [1.165, 1.54) is 0 Å². The molecule has 1 aromatic heterocycles. The van der Waals surface area contributed by atoms with Crippen LogP contribution in [0.1, 0.15) is 59.8 Å². The first-order valence-electron chi connectivity index (χ1n) is 12.6. The van der Waals surface area contributed by atoms with Crippen molar-refractivity contribution >= 4 is 34.4 Å². The number of aromatic nitrogens is 1. The predicted octanol–water partition coefficient (Wildman–Crippen LogP) is 5.01. The number of carbonyl (C=O) groups is 2. The maximum atomic E-state index is 13.6. The number of allylic oxidation sites excluding steroid dienone is 1. The Kier molecular flexibility index (Phi) is 5.83. The quantitative estimate of drug-likeness (QED) is 0.485. The van der Waals surface area contributed by atoms with E-state index in [2.05, 4.69) is 6.08 Å². The standard InChI is InChI=1S/C29H28N2O5/c1-18(28(32)31-13-4-5-14-31)36-29(33)26-21-8-2-3-10-23(21)30-27-20(7-6-9-22(26)27)15-19-11-12-24-25(16-19)35-17-34-24/h2-3,8,10-12,15-16,18H,4-7,9,13-14,17H2,1H3/b20-15+. The summed E-state index contributed by atoms with van der Waals surface area (Å²) < 4.78 is 16.8. The van der Waals surface area contributed by atoms with Crippen LogP contribution >= 0.6 is 0 Å². The Morgan fingerprint density at radius 3 is 2.69 bits per heavy atom. The Hall–Kier alpha value is -3.87. The minimum absolute atomic E-state index is 0.128. The summed E-state index contributed by atoms with van der Waals surface area (Å²) >= 11 is 0. The Morgan fingerprint density at radius 1 is 1.03 bits per heavy atom. The molecule has 36 heavy (non-hydrogen) atoms. The molecule has 6 rings (SSSR count). The second-order valence-electron chi connectivity index (χ2n) is 9.55. The molecule has 1 unspecified atom stereocenters. The number of pyridine rings is 1. The van der Waals surface area contributed by atoms with Crippen LogP contribution in [-0.4, -0.2) is 47.7 Å². The molecular weight excluding hydrogens is 456 g/mol. The molecule has 1 fully saturated rings. The smallest absolute Gasteiger partial charge is 0.339 e. The van der Waals surface area contributed by atoms with Crippen LogP contribution in [0.3, 0.4) is 0 Å². The van der Waals surface area contributed by atoms with E-state index < -0.39 is 12.1 Å². The molecule has 3 aliphatic rings. The van der Waals surface area contributed by atoms with E-state index in [0.717, 1.165) is 90.0 Å². The second kappa shape index (κ2) is 9.30. The summed E-state index contributed by atoms with van der Waals surface area (Å²) in [6.45, 7) is 3.35. The molecule has 3 heterocycles. The van der Waals surface area contributed by atoms with Gasteiger partial charge in [0, 0.05) is 18.5 Å². The lowest BCUT2D eigenvalue weighted by atomic mass is 9.86. The number of likely N-dealkylation sites (tertiary alicyclic amines) is 1. The number of rotatable bonds is 4. The minimum Gasteiger partial charge on any atom is -0.454 e. The molecule has 0 N–H and O–H groups in total. The highest BCUT2D eigenvalue weighted by molar-refractivity contribution is 6.07. The van der Waals surface area contributed by atoms with Gasteiger partial charge in [0.25, 0.3) is 5.91 Å². The van der Waals surface area contributed by atoms with Gasteiger partial charge in [-0.2, -0.15) is 0 Å². The number of carbonyl (C=O) groups excluding carboxylic acids is 2. The fourth-order valence-corrected chi connectivity index (χ4v) is 5.38. The number of benzene rings is 2. The SMILES string of the molecule is CC(OC(=O)c1c2c(nc3ccccc13)/C(=C/c1ccc3c(c1)OCO3)CCC2)C(=O)N1CCCC1. The third-order valence-electron chi connectivity index (χ3n) is 7.16. The number of hydrogen-bond acceptors (Lipinski definition) is 6. The molecule has 7 nitrogen and oxygen atoms in total. The number of ether oxygens (including phenoxy) is 3. The highest BCUT2D eigenvalue weighted by atomic mass is 16.7. The van der Waals surface area contributed by atoms with E-state index >= 15 is 0 Å². The summed E-state index contributed by atoms with van der Waals surface area (Å²) in [4.78, 5) is 33.2. The molecule has 0 radical (unpaired) electrons. The van der Waals surface area contributed by atoms with Gasteiger partial charge in [-0.05, 0) is 80.0 Å². The van der Waals surface area contributed by atoms with Crippen molar-refractivity contribution in [2.75, 3.05) is 19.9 Å². The van der Waals surface area contributed by atoms with Gasteiger partial charge >= 0.3 is 5.97 Å². The van der Waals surface area contributed by atoms with Crippen molar-refractivity contribution in [3.8, 4) is 11.5 Å². The van der Waals surface area contributed by atoms with E-state index in [1.807, 2.05) is 42.5 Å². The summed E-state index contributed by atoms with van der Waals surface area (Å²) in [7, 11) is 0. The summed E-state index contributed by atoms with van der Waals surface area (Å²) in [5.74, 6) is 0.881. The molecule has 2 aromatic carbocycles. The molecule has 1 saturated heterocycles. The van der Waals surface area contributed by atoms with Crippen molar-refractivity contribution in [1.82, 2.24) is 9.88 Å². The predicted molar refractivity (Wildman–Crippen MR) is 136 cm³/mol. The lowest BCUT2D eigenvalue weighted by Gasteiger charge is -2.24. The molecule has 184 valence electrons. The molecule has 1 amide bonds. The van der Waals surface area contributed by atoms with E-state index in [4.69, 9.17) is 19.2 Å². The van der Waals surface area contributed by atoms with Gasteiger partial charge in [0.05, 0.1) is 16.8 Å². The van der Waals surface area contributed by atoms with Crippen molar-refractivity contribution in [2.45, 2.75) is 45.1 Å². The maximum Gasteiger partial charge on any atom is 0.339 e. The number of esters is 1. The molecule has 2 aliphatic heterocycles. The van der Waals surface area contributed by atoms with Gasteiger partial charge in [-0.1, -0.05) is 24.3 Å². The van der Waals surface area contributed by atoms with E-state index in [1.54, 1.807) is 11.8 Å². The molecule has 3 aromatic rings. The second-order valence-corrected chi connectivity index (χ2v) is 9.55. The summed E-state index contributed by atoms with van der Waals surface area (Å²) in [6.07, 6.45) is 5.74. The van der Waals surface area contributed by atoms with Crippen molar-refractivity contribution in [3.63, 3.8) is 0 Å². The molecule has 1 aliphatic carbocycles. The number of hydrogen-bond donors (Lipinski definition) is 0. The zero-order chi connectivity index (χ0) is 24.6. The van der Waals surface area contributed by atoms with Gasteiger partial charge < -0.3 is 19.1 Å². The van der Waals surface area contributed by atoms with Crippen molar-refractivity contribution < 1.29 is 23.8 Å². The molecule has 0 bridgehead atoms. The molecule has 7 heteroatoms. The third kappa shape index (κ3) is 4.08. The first-order valence-corrected chi connectivity index (χ1v) is 12.6. The van der Waals surface area contributed by atoms with Crippen LogP contribution in [0.5, 0.6) is 11.5 Å². The summed E-state index contributed by atoms with van der Waals surface area (Å²) in [6, 6.07) is 13.5. The Morgan fingerprint density at radius 2 is 1.83 bits per heavy atom. The van der Waals surface area contributed by atoms with Crippen LogP contribution in [-0.2, 0) is 16.0 Å². The average molecular weight is 485 g/mol. The van der Waals surface area contributed by atoms with Crippen molar-refractivity contribution in [1.29, 1.82) is 0 Å². The lowest BCUT2D eigenvalue weighted by Crippen LogP contribution is -2.38. The number of para-hydroxylation sites is 1. The van der Waals surface area contributed by atoms with Crippen molar-refractivity contribution in [3.05, 3.63) is 64.8 Å². The number of amides is 1. The lowest BCUT2D eigenvalue weighted by molar-refractivity contribution is -0.138. The Bertz CT molecular complexity index is 1390. The number of nitrogens with zero attached hydrogens (tertiary/aromatic N) is 2. The minimum atomic E-state index is -0.828. The topological polar surface area (TPSA) is 78.0 Å². The van der Waals surface area contributed by atoms with Gasteiger partial charge in [-0.3, -0.25) is 4.79 Å². The average Bonchev–Trinajstić information content (AvgIpc) is 3.59. The largest absolute Gasteiger partial charge is 0.454 e. The Labute approximate surface area is 209 Å². The van der Waals surface area contributed by atoms with Gasteiger partial charge in [-0.25, -0.2) is 9.78 Å². The van der Waals surface area contributed by atoms with Gasteiger partial charge in [0.1, 0.15) is 0 Å². The molecule has 0 spiro atoms. The van der Waals surface area contributed by atoms with E-state index in [-0.39, 0.29) is 12.7 Å². The molecular formula is C29H28N2O5. The van der Waals surface area contributed by atoms with Crippen LogP contribution in [0, 0.1) is 0 Å². The summed E-state index contributed by atoms with van der Waals surface area (Å²) in [5.41, 5.74) is 5.02. The van der Waals surface area contributed by atoms with Gasteiger partial charge in [-0.15, -0.1) is 0 Å². The fraction of sp³-hybridized carbons (Fsp3) is 0.345. The maximum absolute atomic E-state index is 13.6. The van der Waals surface area contributed by atoms with Crippen LogP contribution in [0.25, 0.3) is 22.6 Å². The van der Waals surface area contributed by atoms with Crippen molar-refractivity contribution in [2.24, 2.45) is 0 Å². The highest BCUT2D eigenvalue weighted by Crippen LogP contribution is 2.38. The third-order valence-corrected chi connectivity index (χ3v) is 7.16. The van der Waals surface area contributed by atoms with E-state index in [9.17, 15) is 9.59 Å². The first kappa shape index (κ1) is 22.6. The monoisotopic (exact) mass is 484 g/mol. The zero-order valence-electron chi connectivity index (χ0n) is 20.3. The fourth-order valence-electron chi connectivity index (χ4n) is 5.38. The van der Waals surface area contributed by atoms with Crippen LogP contribution < -0.4 is 9.47 Å².